The summed E-state index contributed by atoms with van der Waals surface area (Å²) in [5.74, 6) is 0.574. The lowest BCUT2D eigenvalue weighted by molar-refractivity contribution is -0.137. The molecule has 1 aromatic rings. The Bertz CT molecular complexity index is 665. The summed E-state index contributed by atoms with van der Waals surface area (Å²) in [4.78, 5) is 31.7. The quantitative estimate of drug-likeness (QED) is 0.809. The monoisotopic (exact) mass is 337 g/mol. The van der Waals surface area contributed by atoms with Gasteiger partial charge in [0, 0.05) is 36.6 Å². The molecule has 3 heterocycles. The van der Waals surface area contributed by atoms with Gasteiger partial charge in [0.2, 0.25) is 5.91 Å². The van der Waals surface area contributed by atoms with Gasteiger partial charge in [-0.2, -0.15) is 0 Å². The topological polar surface area (TPSA) is 75.4 Å². The number of fused-ring (bicyclic) bond motifs is 1. The summed E-state index contributed by atoms with van der Waals surface area (Å²) in [6.07, 6.45) is 1.65. The van der Waals surface area contributed by atoms with Crippen LogP contribution in [0.4, 0.5) is 0 Å². The van der Waals surface area contributed by atoms with Crippen molar-refractivity contribution in [2.24, 2.45) is 5.92 Å². The van der Waals surface area contributed by atoms with E-state index in [2.05, 4.69) is 4.98 Å². The van der Waals surface area contributed by atoms with Gasteiger partial charge in [0.25, 0.3) is 5.56 Å². The average molecular weight is 337 g/mol. The van der Waals surface area contributed by atoms with E-state index in [4.69, 9.17) is 0 Å². The molecule has 0 aromatic carbocycles. The fourth-order valence-corrected chi connectivity index (χ4v) is 4.41. The summed E-state index contributed by atoms with van der Waals surface area (Å²) >= 11 is 1.49. The summed E-state index contributed by atoms with van der Waals surface area (Å²) < 4.78 is 1.67. The third-order valence-corrected chi connectivity index (χ3v) is 5.87. The van der Waals surface area contributed by atoms with Crippen LogP contribution in [0.2, 0.25) is 0 Å². The zero-order chi connectivity index (χ0) is 16.6. The molecule has 0 saturated carbocycles. The lowest BCUT2D eigenvalue weighted by atomic mass is 10.0. The van der Waals surface area contributed by atoms with Crippen LogP contribution in [0.5, 0.6) is 0 Å². The minimum atomic E-state index is -0.289. The molecule has 6 nitrogen and oxygen atoms in total. The Balaban J connectivity index is 1.80. The van der Waals surface area contributed by atoms with E-state index in [0.717, 1.165) is 16.4 Å². The molecule has 126 valence electrons. The maximum atomic E-state index is 12.7. The summed E-state index contributed by atoms with van der Waals surface area (Å²) in [6.45, 7) is 5.46. The number of amides is 1. The van der Waals surface area contributed by atoms with Gasteiger partial charge in [-0.05, 0) is 26.2 Å². The highest BCUT2D eigenvalue weighted by atomic mass is 32.2. The second kappa shape index (κ2) is 6.65. The van der Waals surface area contributed by atoms with Crippen molar-refractivity contribution in [1.82, 2.24) is 14.5 Å². The molecule has 0 bridgehead atoms. The molecule has 0 radical (unpaired) electrons. The molecule has 23 heavy (non-hydrogen) atoms. The van der Waals surface area contributed by atoms with Crippen molar-refractivity contribution in [3.05, 3.63) is 21.6 Å². The molecule has 1 saturated heterocycles. The van der Waals surface area contributed by atoms with Gasteiger partial charge < -0.3 is 10.0 Å². The van der Waals surface area contributed by atoms with Gasteiger partial charge in [-0.25, -0.2) is 4.98 Å². The lowest BCUT2D eigenvalue weighted by Crippen LogP contribution is -2.46. The first-order valence-corrected chi connectivity index (χ1v) is 9.19. The van der Waals surface area contributed by atoms with Gasteiger partial charge in [0.05, 0.1) is 12.0 Å². The Morgan fingerprint density at radius 1 is 1.39 bits per heavy atom. The molecular weight excluding hydrogens is 314 g/mol. The third kappa shape index (κ3) is 3.17. The van der Waals surface area contributed by atoms with Crippen molar-refractivity contribution in [1.29, 1.82) is 0 Å². The summed E-state index contributed by atoms with van der Waals surface area (Å²) in [6, 6.07) is 0. The summed E-state index contributed by atoms with van der Waals surface area (Å²) in [5.41, 5.74) is 1.53. The number of carbonyl (C=O) groups is 1. The van der Waals surface area contributed by atoms with E-state index >= 15 is 0 Å². The normalized spacial score (nSPS) is 22.0. The molecule has 1 amide bonds. The zero-order valence-electron chi connectivity index (χ0n) is 13.6. The molecule has 2 aliphatic heterocycles. The van der Waals surface area contributed by atoms with Crippen LogP contribution in [0, 0.1) is 12.8 Å². The summed E-state index contributed by atoms with van der Waals surface area (Å²) in [5, 5.41) is 10.3. The molecule has 0 aliphatic carbocycles. The van der Waals surface area contributed by atoms with Gasteiger partial charge in [0.15, 0.2) is 5.16 Å². The highest BCUT2D eigenvalue weighted by Crippen LogP contribution is 2.27. The predicted molar refractivity (Wildman–Crippen MR) is 88.6 cm³/mol. The number of hydrogen-bond acceptors (Lipinski definition) is 5. The van der Waals surface area contributed by atoms with Crippen molar-refractivity contribution in [2.45, 2.75) is 50.9 Å². The smallest absolute Gasteiger partial charge is 0.257 e. The molecule has 1 atom stereocenters. The fraction of sp³-hybridized carbons (Fsp3) is 0.688. The van der Waals surface area contributed by atoms with Crippen LogP contribution in [0.3, 0.4) is 0 Å². The zero-order valence-corrected chi connectivity index (χ0v) is 14.4. The van der Waals surface area contributed by atoms with Crippen molar-refractivity contribution in [3.8, 4) is 0 Å². The Morgan fingerprint density at radius 2 is 2.09 bits per heavy atom. The van der Waals surface area contributed by atoms with Crippen LogP contribution in [0.25, 0.3) is 0 Å². The number of nitrogens with zero attached hydrogens (tertiary/aromatic N) is 3. The van der Waals surface area contributed by atoms with Gasteiger partial charge in [-0.1, -0.05) is 18.7 Å². The van der Waals surface area contributed by atoms with E-state index in [9.17, 15) is 14.7 Å². The maximum Gasteiger partial charge on any atom is 0.257 e. The highest BCUT2D eigenvalue weighted by Gasteiger charge is 2.32. The molecule has 1 fully saturated rings. The van der Waals surface area contributed by atoms with Gasteiger partial charge >= 0.3 is 0 Å². The van der Waals surface area contributed by atoms with Gasteiger partial charge in [0.1, 0.15) is 0 Å². The Kier molecular flexibility index (Phi) is 4.77. The first-order chi connectivity index (χ1) is 11.0. The SMILES string of the molecule is CCc1c(C)nc2n(c1=O)CC(C(=O)N1CCC(O)CC1)CS2. The minimum Gasteiger partial charge on any atom is -0.393 e. The number of thioether (sulfide) groups is 1. The van der Waals surface area contributed by atoms with E-state index < -0.39 is 0 Å². The Hall–Kier alpha value is -1.34. The number of aliphatic hydroxyl groups excluding tert-OH is 1. The van der Waals surface area contributed by atoms with Crippen LogP contribution < -0.4 is 5.56 Å². The predicted octanol–water partition coefficient (Wildman–Crippen LogP) is 0.819. The molecule has 2 aliphatic rings. The van der Waals surface area contributed by atoms with Crippen LogP contribution >= 0.6 is 11.8 Å². The number of carbonyl (C=O) groups excluding carboxylic acids is 1. The molecule has 7 heteroatoms. The fourth-order valence-electron chi connectivity index (χ4n) is 3.30. The van der Waals surface area contributed by atoms with Crippen molar-refractivity contribution in [2.75, 3.05) is 18.8 Å². The van der Waals surface area contributed by atoms with Crippen molar-refractivity contribution >= 4 is 17.7 Å². The van der Waals surface area contributed by atoms with E-state index in [1.54, 1.807) is 4.57 Å². The largest absolute Gasteiger partial charge is 0.393 e. The second-order valence-corrected chi connectivity index (χ2v) is 7.28. The number of likely N-dealkylation sites (tertiary alicyclic amines) is 1. The molecule has 1 aromatic heterocycles. The first-order valence-electron chi connectivity index (χ1n) is 8.21. The Morgan fingerprint density at radius 3 is 2.74 bits per heavy atom. The third-order valence-electron chi connectivity index (χ3n) is 4.73. The number of piperidine rings is 1. The number of hydrogen-bond donors (Lipinski definition) is 1. The number of aryl methyl sites for hydroxylation is 1. The van der Waals surface area contributed by atoms with Crippen molar-refractivity contribution < 1.29 is 9.90 Å². The first kappa shape index (κ1) is 16.5. The molecule has 1 N–H and O–H groups in total. The van der Waals surface area contributed by atoms with E-state index in [1.165, 1.54) is 11.8 Å². The van der Waals surface area contributed by atoms with Crippen LogP contribution in [0.1, 0.15) is 31.0 Å². The summed E-state index contributed by atoms with van der Waals surface area (Å²) in [7, 11) is 0. The highest BCUT2D eigenvalue weighted by molar-refractivity contribution is 7.99. The van der Waals surface area contributed by atoms with E-state index in [-0.39, 0.29) is 23.5 Å². The van der Waals surface area contributed by atoms with Gasteiger partial charge in [-0.3, -0.25) is 14.2 Å². The number of aromatic nitrogens is 2. The lowest BCUT2D eigenvalue weighted by Gasteiger charge is -2.34. The van der Waals surface area contributed by atoms with E-state index in [0.29, 0.717) is 44.6 Å². The van der Waals surface area contributed by atoms with E-state index in [1.807, 2.05) is 18.7 Å². The number of aliphatic hydroxyl groups is 1. The molecule has 1 unspecified atom stereocenters. The number of rotatable bonds is 2. The van der Waals surface area contributed by atoms with Crippen LogP contribution in [0.15, 0.2) is 9.95 Å². The maximum absolute atomic E-state index is 12.7. The molecule has 3 rings (SSSR count). The standard InChI is InChI=1S/C16H23N3O3S/c1-3-13-10(2)17-16-19(15(13)22)8-11(9-23-16)14(21)18-6-4-12(20)5-7-18/h11-12,20H,3-9H2,1-2H3. The average Bonchev–Trinajstić information content (AvgIpc) is 2.55. The van der Waals surface area contributed by atoms with Crippen LogP contribution in [-0.4, -0.2) is 50.4 Å². The Labute approximate surface area is 139 Å². The molecule has 0 spiro atoms. The minimum absolute atomic E-state index is 0.00549. The van der Waals surface area contributed by atoms with Crippen molar-refractivity contribution in [3.63, 3.8) is 0 Å². The van der Waals surface area contributed by atoms with Crippen LogP contribution in [-0.2, 0) is 17.8 Å². The van der Waals surface area contributed by atoms with Gasteiger partial charge in [-0.15, -0.1) is 0 Å². The second-order valence-electron chi connectivity index (χ2n) is 6.29. The molecular formula is C16H23N3O3S.